The van der Waals surface area contributed by atoms with Crippen LogP contribution in [0.25, 0.3) is 10.2 Å². The van der Waals surface area contributed by atoms with Crippen LogP contribution in [0, 0.1) is 13.8 Å². The summed E-state index contributed by atoms with van der Waals surface area (Å²) < 4.78 is 36.0. The Morgan fingerprint density at radius 2 is 1.74 bits per heavy atom. The minimum atomic E-state index is -3.55. The second-order valence-electron chi connectivity index (χ2n) is 8.72. The monoisotopic (exact) mass is 501 g/mol. The van der Waals surface area contributed by atoms with Gasteiger partial charge in [-0.05, 0) is 68.1 Å². The van der Waals surface area contributed by atoms with Crippen LogP contribution in [0.5, 0.6) is 0 Å². The summed E-state index contributed by atoms with van der Waals surface area (Å²) in [5.74, 6) is -0.397. The van der Waals surface area contributed by atoms with E-state index in [1.165, 1.54) is 23.5 Å². The largest absolute Gasteiger partial charge is 0.383 e. The zero-order valence-electron chi connectivity index (χ0n) is 19.9. The third-order valence-corrected chi connectivity index (χ3v) is 9.28. The van der Waals surface area contributed by atoms with Gasteiger partial charge in [0.2, 0.25) is 10.0 Å². The first-order valence-corrected chi connectivity index (χ1v) is 13.9. The van der Waals surface area contributed by atoms with E-state index in [9.17, 15) is 13.2 Å². The van der Waals surface area contributed by atoms with Gasteiger partial charge in [0.1, 0.15) is 0 Å². The normalized spacial score (nSPS) is 16.1. The van der Waals surface area contributed by atoms with Gasteiger partial charge >= 0.3 is 0 Å². The molecule has 0 radical (unpaired) electrons. The van der Waals surface area contributed by atoms with Gasteiger partial charge in [-0.2, -0.15) is 9.30 Å². The quantitative estimate of drug-likeness (QED) is 0.505. The lowest BCUT2D eigenvalue weighted by atomic mass is 10.1. The van der Waals surface area contributed by atoms with E-state index in [0.717, 1.165) is 47.0 Å². The summed E-state index contributed by atoms with van der Waals surface area (Å²) in [6.45, 7) is 6.28. The topological polar surface area (TPSA) is 81.0 Å². The van der Waals surface area contributed by atoms with Crippen LogP contribution in [0.1, 0.15) is 47.2 Å². The van der Waals surface area contributed by atoms with Crippen molar-refractivity contribution in [2.75, 3.05) is 26.8 Å². The maximum atomic E-state index is 13.0. The Balaban J connectivity index is 1.66. The second-order valence-corrected chi connectivity index (χ2v) is 11.6. The van der Waals surface area contributed by atoms with Crippen LogP contribution in [0.15, 0.2) is 46.3 Å². The molecule has 4 rings (SSSR count). The van der Waals surface area contributed by atoms with Gasteiger partial charge < -0.3 is 9.30 Å². The van der Waals surface area contributed by atoms with E-state index in [2.05, 4.69) is 24.0 Å². The number of carbonyl (C=O) groups is 1. The molecule has 9 heteroatoms. The van der Waals surface area contributed by atoms with E-state index in [1.54, 1.807) is 23.5 Å². The molecule has 1 fully saturated rings. The van der Waals surface area contributed by atoms with Gasteiger partial charge in [-0.15, -0.1) is 0 Å². The number of aromatic nitrogens is 1. The number of hydrogen-bond donors (Lipinski definition) is 0. The Labute approximate surface area is 204 Å². The van der Waals surface area contributed by atoms with E-state index in [-0.39, 0.29) is 4.90 Å². The van der Waals surface area contributed by atoms with E-state index < -0.39 is 15.9 Å². The number of benzene rings is 2. The number of fused-ring (bicyclic) bond motifs is 1. The number of carbonyl (C=O) groups excluding carboxylic acids is 1. The lowest BCUT2D eigenvalue weighted by Gasteiger charge is -2.19. The highest BCUT2D eigenvalue weighted by molar-refractivity contribution is 7.89. The average molecular weight is 502 g/mol. The molecule has 0 saturated carbocycles. The van der Waals surface area contributed by atoms with Crippen molar-refractivity contribution >= 4 is 37.5 Å². The number of nitrogens with zero attached hydrogens (tertiary/aromatic N) is 3. The van der Waals surface area contributed by atoms with Crippen molar-refractivity contribution in [3.8, 4) is 0 Å². The van der Waals surface area contributed by atoms with Crippen molar-refractivity contribution in [1.29, 1.82) is 0 Å². The molecule has 2 aromatic carbocycles. The van der Waals surface area contributed by atoms with Gasteiger partial charge in [-0.25, -0.2) is 8.42 Å². The molecule has 0 bridgehead atoms. The molecular formula is C25H31N3O4S2. The van der Waals surface area contributed by atoms with Crippen molar-refractivity contribution in [3.63, 3.8) is 0 Å². The van der Waals surface area contributed by atoms with Crippen molar-refractivity contribution in [2.24, 2.45) is 4.99 Å². The van der Waals surface area contributed by atoms with Crippen LogP contribution in [0.2, 0.25) is 0 Å². The summed E-state index contributed by atoms with van der Waals surface area (Å²) in [6, 6.07) is 10.4. The SMILES string of the molecule is COCCn1c(=NC(=O)c2ccc(S(=O)(=O)N3CCCCCC3)cc2)sc2c(C)cc(C)cc21. The molecule has 0 atom stereocenters. The van der Waals surface area contributed by atoms with Gasteiger partial charge in [0.25, 0.3) is 5.91 Å². The summed E-state index contributed by atoms with van der Waals surface area (Å²) in [5.41, 5.74) is 3.68. The number of aryl methyl sites for hydroxylation is 2. The van der Waals surface area contributed by atoms with Crippen LogP contribution in [0.3, 0.4) is 0 Å². The fourth-order valence-corrected chi connectivity index (χ4v) is 6.97. The van der Waals surface area contributed by atoms with Crippen LogP contribution >= 0.6 is 11.3 Å². The number of amides is 1. The molecule has 0 aliphatic carbocycles. The Morgan fingerprint density at radius 3 is 2.38 bits per heavy atom. The number of hydrogen-bond acceptors (Lipinski definition) is 5. The van der Waals surface area contributed by atoms with Crippen molar-refractivity contribution in [1.82, 2.24) is 8.87 Å². The summed E-state index contributed by atoms with van der Waals surface area (Å²) in [6.07, 6.45) is 3.88. The minimum absolute atomic E-state index is 0.217. The van der Waals surface area contributed by atoms with Crippen molar-refractivity contribution < 1.29 is 17.9 Å². The molecule has 34 heavy (non-hydrogen) atoms. The van der Waals surface area contributed by atoms with Gasteiger partial charge in [0.05, 0.1) is 21.7 Å². The molecule has 0 N–H and O–H groups in total. The lowest BCUT2D eigenvalue weighted by Crippen LogP contribution is -2.31. The first-order valence-electron chi connectivity index (χ1n) is 11.6. The summed E-state index contributed by atoms with van der Waals surface area (Å²) >= 11 is 1.48. The highest BCUT2D eigenvalue weighted by Gasteiger charge is 2.25. The van der Waals surface area contributed by atoms with Gasteiger partial charge in [-0.1, -0.05) is 30.2 Å². The van der Waals surface area contributed by atoms with Crippen molar-refractivity contribution in [2.45, 2.75) is 51.0 Å². The summed E-state index contributed by atoms with van der Waals surface area (Å²) in [7, 11) is -1.91. The molecular weight excluding hydrogens is 470 g/mol. The van der Waals surface area contributed by atoms with Gasteiger partial charge in [0, 0.05) is 32.3 Å². The number of ether oxygens (including phenoxy) is 1. The second kappa shape index (κ2) is 10.5. The molecule has 182 valence electrons. The number of sulfonamides is 1. The highest BCUT2D eigenvalue weighted by Crippen LogP contribution is 2.24. The Morgan fingerprint density at radius 1 is 1.06 bits per heavy atom. The molecule has 2 heterocycles. The average Bonchev–Trinajstić information content (AvgIpc) is 2.98. The fraction of sp³-hybridized carbons (Fsp3) is 0.440. The van der Waals surface area contributed by atoms with E-state index in [4.69, 9.17) is 4.74 Å². The van der Waals surface area contributed by atoms with E-state index >= 15 is 0 Å². The smallest absolute Gasteiger partial charge is 0.279 e. The molecule has 1 aliphatic rings. The van der Waals surface area contributed by atoms with Gasteiger partial charge in [0.15, 0.2) is 4.80 Å². The van der Waals surface area contributed by atoms with Crippen molar-refractivity contribution in [3.05, 3.63) is 57.9 Å². The number of methoxy groups -OCH3 is 1. The zero-order chi connectivity index (χ0) is 24.3. The molecule has 3 aromatic rings. The van der Waals surface area contributed by atoms with Crippen LogP contribution in [-0.4, -0.2) is 50.0 Å². The predicted molar refractivity (Wildman–Crippen MR) is 135 cm³/mol. The van der Waals surface area contributed by atoms with Crippen LogP contribution < -0.4 is 4.80 Å². The van der Waals surface area contributed by atoms with E-state index in [1.807, 2.05) is 11.5 Å². The number of rotatable bonds is 6. The molecule has 0 spiro atoms. The van der Waals surface area contributed by atoms with Crippen LogP contribution in [0.4, 0.5) is 0 Å². The standard InChI is InChI=1S/C25H31N3O4S2/c1-18-16-19(2)23-22(17-18)28(14-15-32-3)25(33-23)26-24(29)20-8-10-21(11-9-20)34(30,31)27-12-6-4-5-7-13-27/h8-11,16-17H,4-7,12-15H2,1-3H3. The summed E-state index contributed by atoms with van der Waals surface area (Å²) in [4.78, 5) is 18.2. The Kier molecular flexibility index (Phi) is 7.67. The molecule has 1 saturated heterocycles. The van der Waals surface area contributed by atoms with Crippen LogP contribution in [-0.2, 0) is 21.3 Å². The first-order chi connectivity index (χ1) is 16.3. The molecule has 1 amide bonds. The molecule has 1 aliphatic heterocycles. The first kappa shape index (κ1) is 24.8. The maximum absolute atomic E-state index is 13.0. The Hall–Kier alpha value is -2.33. The third-order valence-electron chi connectivity index (χ3n) is 6.13. The van der Waals surface area contributed by atoms with Gasteiger partial charge in [-0.3, -0.25) is 4.79 Å². The van der Waals surface area contributed by atoms with E-state index in [0.29, 0.717) is 36.6 Å². The molecule has 0 unspecified atom stereocenters. The maximum Gasteiger partial charge on any atom is 0.279 e. The Bertz CT molecular complexity index is 1350. The minimum Gasteiger partial charge on any atom is -0.383 e. The predicted octanol–water partition coefficient (Wildman–Crippen LogP) is 4.27. The summed E-state index contributed by atoms with van der Waals surface area (Å²) in [5, 5.41) is 0. The number of thiazole rings is 1. The third kappa shape index (κ3) is 5.17. The zero-order valence-corrected chi connectivity index (χ0v) is 21.5. The lowest BCUT2D eigenvalue weighted by molar-refractivity contribution is 0.0997. The molecule has 1 aromatic heterocycles. The highest BCUT2D eigenvalue weighted by atomic mass is 32.2. The molecule has 7 nitrogen and oxygen atoms in total. The fourth-order valence-electron chi connectivity index (χ4n) is 4.35.